The van der Waals surface area contributed by atoms with Crippen LogP contribution in [0.4, 0.5) is 5.13 Å². The molecule has 2 atom stereocenters. The van der Waals surface area contributed by atoms with Crippen molar-refractivity contribution in [2.24, 2.45) is 12.2 Å². The molecule has 0 aliphatic carbocycles. The van der Waals surface area contributed by atoms with E-state index in [0.29, 0.717) is 15.1 Å². The van der Waals surface area contributed by atoms with Crippen molar-refractivity contribution in [3.05, 3.63) is 64.1 Å². The summed E-state index contributed by atoms with van der Waals surface area (Å²) in [5.74, 6) is -1.88. The fourth-order valence-electron chi connectivity index (χ4n) is 4.42. The number of carbonyl (C=O) groups is 3. The van der Waals surface area contributed by atoms with Gasteiger partial charge in [0.05, 0.1) is 22.9 Å². The van der Waals surface area contributed by atoms with Gasteiger partial charge < -0.3 is 25.8 Å². The second-order valence-electron chi connectivity index (χ2n) is 9.11. The monoisotopic (exact) mass is 655 g/mol. The fourth-order valence-corrected chi connectivity index (χ4v) is 8.39. The lowest BCUT2D eigenvalue weighted by molar-refractivity contribution is -0.671. The number of aryl methyl sites for hydroxylation is 1. The number of fused-ring (bicyclic) bond motifs is 1. The molecular formula is C25H21N9O5S4. The molecule has 2 aliphatic heterocycles. The molecule has 220 valence electrons. The van der Waals surface area contributed by atoms with Gasteiger partial charge in [-0.2, -0.15) is 0 Å². The third-order valence-corrected chi connectivity index (χ3v) is 10.5. The van der Waals surface area contributed by atoms with Crippen LogP contribution in [0.25, 0.3) is 17.1 Å². The quantitative estimate of drug-likeness (QED) is 0.110. The summed E-state index contributed by atoms with van der Waals surface area (Å²) in [5.41, 5.74) is 7.21. The summed E-state index contributed by atoms with van der Waals surface area (Å²) >= 11 is 4.94. The van der Waals surface area contributed by atoms with Crippen molar-refractivity contribution in [2.75, 3.05) is 18.6 Å². The van der Waals surface area contributed by atoms with Gasteiger partial charge in [-0.25, -0.2) is 19.5 Å². The Bertz CT molecular complexity index is 1810. The number of aromatic nitrogens is 5. The molecule has 0 unspecified atom stereocenters. The van der Waals surface area contributed by atoms with Crippen LogP contribution in [-0.4, -0.2) is 72.2 Å². The Morgan fingerprint density at radius 3 is 2.86 bits per heavy atom. The first kappa shape index (κ1) is 28.8. The van der Waals surface area contributed by atoms with Crippen molar-refractivity contribution in [3.8, 4) is 17.1 Å². The zero-order chi connectivity index (χ0) is 30.2. The maximum Gasteiger partial charge on any atom is 0.276 e. The summed E-state index contributed by atoms with van der Waals surface area (Å²) in [5, 5.41) is 21.5. The summed E-state index contributed by atoms with van der Waals surface area (Å²) in [7, 11) is 3.21. The Morgan fingerprint density at radius 2 is 2.14 bits per heavy atom. The number of aliphatic carboxylic acids is 1. The Labute approximate surface area is 260 Å². The van der Waals surface area contributed by atoms with Crippen molar-refractivity contribution in [1.82, 2.24) is 29.7 Å². The molecule has 0 radical (unpaired) electrons. The number of nitrogens with zero attached hydrogens (tertiary/aromatic N) is 7. The minimum atomic E-state index is -1.49. The van der Waals surface area contributed by atoms with Crippen LogP contribution in [0.5, 0.6) is 0 Å². The van der Waals surface area contributed by atoms with E-state index in [1.54, 1.807) is 10.9 Å². The van der Waals surface area contributed by atoms with Gasteiger partial charge in [-0.15, -0.1) is 34.4 Å². The number of β-lactam (4-membered cyclic amide) rings is 1. The average molecular weight is 656 g/mol. The number of carboxylic acid groups (broad SMARTS) is 1. The van der Waals surface area contributed by atoms with Gasteiger partial charge in [0.1, 0.15) is 43.4 Å². The van der Waals surface area contributed by atoms with Crippen LogP contribution < -0.4 is 20.7 Å². The zero-order valence-electron chi connectivity index (χ0n) is 22.4. The van der Waals surface area contributed by atoms with Crippen LogP contribution in [0.2, 0.25) is 0 Å². The second kappa shape index (κ2) is 11.8. The van der Waals surface area contributed by atoms with E-state index in [1.807, 2.05) is 47.7 Å². The highest BCUT2D eigenvalue weighted by molar-refractivity contribution is 8.07. The number of thiazole rings is 2. The minimum Gasteiger partial charge on any atom is -0.543 e. The number of nitrogens with two attached hydrogens (primary N) is 1. The molecule has 18 heteroatoms. The number of carbonyl (C=O) groups excluding carboxylic acids is 3. The van der Waals surface area contributed by atoms with E-state index in [9.17, 15) is 19.5 Å². The summed E-state index contributed by atoms with van der Waals surface area (Å²) in [6.07, 6.45) is 7.43. The van der Waals surface area contributed by atoms with E-state index in [4.69, 9.17) is 10.6 Å². The summed E-state index contributed by atoms with van der Waals surface area (Å²) in [6, 6.07) is 2.92. The van der Waals surface area contributed by atoms with Gasteiger partial charge in [-0.3, -0.25) is 19.1 Å². The first-order chi connectivity index (χ1) is 20.7. The van der Waals surface area contributed by atoms with Gasteiger partial charge in [-0.1, -0.05) is 16.9 Å². The first-order valence-electron chi connectivity index (χ1n) is 12.4. The second-order valence-corrected chi connectivity index (χ2v) is 13.3. The fraction of sp³-hybridized carbons (Fsp3) is 0.200. The topological polar surface area (TPSA) is 185 Å². The van der Waals surface area contributed by atoms with Gasteiger partial charge >= 0.3 is 0 Å². The highest BCUT2D eigenvalue weighted by atomic mass is 32.2. The average Bonchev–Trinajstić information content (AvgIpc) is 3.75. The predicted molar refractivity (Wildman–Crippen MR) is 159 cm³/mol. The summed E-state index contributed by atoms with van der Waals surface area (Å²) in [6.45, 7) is 0. The van der Waals surface area contributed by atoms with Crippen LogP contribution in [-0.2, 0) is 26.3 Å². The number of thioether (sulfide) groups is 2. The molecule has 6 heterocycles. The third kappa shape index (κ3) is 5.61. The number of amides is 2. The van der Waals surface area contributed by atoms with Crippen molar-refractivity contribution < 1.29 is 28.9 Å². The van der Waals surface area contributed by atoms with Crippen molar-refractivity contribution in [1.29, 1.82) is 0 Å². The molecule has 0 saturated carbocycles. The number of hydrogen-bond donors (Lipinski definition) is 2. The predicted octanol–water partition coefficient (Wildman–Crippen LogP) is 0.363. The van der Waals surface area contributed by atoms with Gasteiger partial charge in [0.2, 0.25) is 0 Å². The molecule has 0 bridgehead atoms. The van der Waals surface area contributed by atoms with Crippen LogP contribution >= 0.6 is 46.2 Å². The zero-order valence-corrected chi connectivity index (χ0v) is 25.6. The summed E-state index contributed by atoms with van der Waals surface area (Å²) < 4.78 is 4.31. The summed E-state index contributed by atoms with van der Waals surface area (Å²) in [4.78, 5) is 57.8. The highest BCUT2D eigenvalue weighted by Crippen LogP contribution is 2.45. The maximum absolute atomic E-state index is 13.1. The van der Waals surface area contributed by atoms with Gasteiger partial charge in [0.25, 0.3) is 11.8 Å². The molecular weight excluding hydrogens is 635 g/mol. The van der Waals surface area contributed by atoms with E-state index >= 15 is 0 Å². The number of nitrogen functional groups attached to an aromatic ring is 1. The molecule has 3 N–H and O–H groups in total. The first-order valence-corrected chi connectivity index (χ1v) is 16.0. The smallest absolute Gasteiger partial charge is 0.276 e. The maximum atomic E-state index is 13.1. The SMILES string of the molecule is CO/N=C(\C(=O)N[C@@H]1C(=O)N2C(C(=O)[O-])=C(Sc3nc(-n4cnc(-c5ccc[n+](C)c5)c4)cs3)CS[C@H]12)c1csc(N)n1. The van der Waals surface area contributed by atoms with E-state index in [0.717, 1.165) is 39.3 Å². The molecule has 2 amide bonds. The van der Waals surface area contributed by atoms with E-state index in [-0.39, 0.29) is 28.0 Å². The number of hydrogen-bond acceptors (Lipinski definition) is 14. The van der Waals surface area contributed by atoms with Crippen LogP contribution in [0.15, 0.2) is 67.9 Å². The Hall–Kier alpha value is -4.26. The van der Waals surface area contributed by atoms with Crippen LogP contribution in [0.3, 0.4) is 0 Å². The van der Waals surface area contributed by atoms with Crippen molar-refractivity contribution in [2.45, 2.75) is 15.8 Å². The molecule has 6 rings (SSSR count). The number of anilines is 1. The lowest BCUT2D eigenvalue weighted by Gasteiger charge is -2.50. The molecule has 43 heavy (non-hydrogen) atoms. The normalized spacial score (nSPS) is 18.3. The van der Waals surface area contributed by atoms with Gasteiger partial charge in [0.15, 0.2) is 27.6 Å². The minimum absolute atomic E-state index is 0.156. The molecule has 4 aromatic heterocycles. The molecule has 0 aromatic carbocycles. The Kier molecular flexibility index (Phi) is 7.91. The number of carboxylic acids is 1. The lowest BCUT2D eigenvalue weighted by Crippen LogP contribution is -2.71. The van der Waals surface area contributed by atoms with Crippen LogP contribution in [0, 0.1) is 0 Å². The molecule has 4 aromatic rings. The molecule has 1 saturated heterocycles. The van der Waals surface area contributed by atoms with Crippen LogP contribution in [0.1, 0.15) is 5.69 Å². The standard InChI is InChI=1S/C25H21N9O5S4/c1-32-5-3-4-12(6-32)13-7-33(11-27-13)16-10-42-25(29-16)43-15-9-40-22-18(21(36)34(22)19(15)23(37)38)30-20(35)17(31-39-2)14-8-41-24(26)28-14/h3-8,10-11,18,22H,9H2,1-2H3,(H3-,26,28,30,35,37,38)/b31-17-/t18-,22-/m1/s1. The van der Waals surface area contributed by atoms with Crippen molar-refractivity contribution in [3.63, 3.8) is 0 Å². The number of imidazole rings is 1. The Balaban J connectivity index is 1.17. The lowest BCUT2D eigenvalue weighted by atomic mass is 10.0. The molecule has 14 nitrogen and oxygen atoms in total. The van der Waals surface area contributed by atoms with E-state index in [1.165, 1.54) is 35.6 Å². The van der Waals surface area contributed by atoms with Gasteiger partial charge in [0, 0.05) is 33.7 Å². The number of nitrogens with one attached hydrogen (secondary N) is 1. The number of pyridine rings is 1. The molecule has 2 aliphatic rings. The third-order valence-electron chi connectivity index (χ3n) is 6.34. The largest absolute Gasteiger partial charge is 0.543 e. The Morgan fingerprint density at radius 1 is 1.30 bits per heavy atom. The highest BCUT2D eigenvalue weighted by Gasteiger charge is 2.53. The number of rotatable bonds is 9. The number of oxime groups is 1. The molecule has 1 fully saturated rings. The van der Waals surface area contributed by atoms with E-state index < -0.39 is 29.2 Å². The van der Waals surface area contributed by atoms with Crippen molar-refractivity contribution >= 4 is 74.8 Å². The molecule has 0 spiro atoms. The van der Waals surface area contributed by atoms with E-state index in [2.05, 4.69) is 25.4 Å². The van der Waals surface area contributed by atoms with Gasteiger partial charge in [-0.05, 0) is 6.07 Å².